The second-order valence-corrected chi connectivity index (χ2v) is 3.27. The maximum absolute atomic E-state index is 13.5. The van der Waals surface area contributed by atoms with Crippen molar-refractivity contribution in [1.82, 2.24) is 5.16 Å². The number of halogens is 3. The van der Waals surface area contributed by atoms with Gasteiger partial charge in [0.1, 0.15) is 11.5 Å². The van der Waals surface area contributed by atoms with Crippen molar-refractivity contribution in [2.24, 2.45) is 0 Å². The maximum Gasteiger partial charge on any atom is 0.222 e. The predicted octanol–water partition coefficient (Wildman–Crippen LogP) is 2.86. The minimum absolute atomic E-state index is 0.0183. The van der Waals surface area contributed by atoms with Crippen LogP contribution in [0.25, 0.3) is 11.3 Å². The first-order valence-corrected chi connectivity index (χ1v) is 4.33. The molecule has 78 valence electrons. The fourth-order valence-corrected chi connectivity index (χ4v) is 1.36. The second kappa shape index (κ2) is 3.51. The SMILES string of the molecule is Nc1cc(-c2cc(F)cc(Cl)c2F)no1. The summed E-state index contributed by atoms with van der Waals surface area (Å²) in [4.78, 5) is 0. The summed E-state index contributed by atoms with van der Waals surface area (Å²) in [6, 6.07) is 3.14. The minimum Gasteiger partial charge on any atom is -0.368 e. The summed E-state index contributed by atoms with van der Waals surface area (Å²) in [5, 5.41) is 3.15. The first-order valence-electron chi connectivity index (χ1n) is 3.95. The summed E-state index contributed by atoms with van der Waals surface area (Å²) >= 11 is 5.47. The molecule has 0 saturated carbocycles. The molecule has 0 saturated heterocycles. The summed E-state index contributed by atoms with van der Waals surface area (Å²) in [5.41, 5.74) is 5.28. The lowest BCUT2D eigenvalue weighted by Crippen LogP contribution is -1.88. The highest BCUT2D eigenvalue weighted by atomic mass is 35.5. The summed E-state index contributed by atoms with van der Waals surface area (Å²) in [5.74, 6) is -1.39. The van der Waals surface area contributed by atoms with Gasteiger partial charge in [0, 0.05) is 11.6 Å². The van der Waals surface area contributed by atoms with Crippen LogP contribution in [0.2, 0.25) is 5.02 Å². The van der Waals surface area contributed by atoms with Gasteiger partial charge in [-0.3, -0.25) is 0 Å². The van der Waals surface area contributed by atoms with Crippen molar-refractivity contribution in [2.45, 2.75) is 0 Å². The smallest absolute Gasteiger partial charge is 0.222 e. The van der Waals surface area contributed by atoms with Gasteiger partial charge < -0.3 is 10.3 Å². The zero-order valence-electron chi connectivity index (χ0n) is 7.30. The molecule has 0 atom stereocenters. The van der Waals surface area contributed by atoms with E-state index in [1.807, 2.05) is 0 Å². The molecule has 1 aromatic heterocycles. The Morgan fingerprint density at radius 2 is 2.00 bits per heavy atom. The quantitative estimate of drug-likeness (QED) is 0.767. The number of nitrogens with zero attached hydrogens (tertiary/aromatic N) is 1. The van der Waals surface area contributed by atoms with Crippen molar-refractivity contribution in [2.75, 3.05) is 5.73 Å². The number of hydrogen-bond acceptors (Lipinski definition) is 3. The summed E-state index contributed by atoms with van der Waals surface area (Å²) in [7, 11) is 0. The lowest BCUT2D eigenvalue weighted by molar-refractivity contribution is 0.438. The van der Waals surface area contributed by atoms with Crippen LogP contribution in [0.15, 0.2) is 22.7 Å². The number of nitrogens with two attached hydrogens (primary N) is 1. The van der Waals surface area contributed by atoms with Crippen LogP contribution >= 0.6 is 11.6 Å². The monoisotopic (exact) mass is 230 g/mol. The van der Waals surface area contributed by atoms with Crippen LogP contribution in [0.1, 0.15) is 0 Å². The Bertz CT molecular complexity index is 513. The fraction of sp³-hybridized carbons (Fsp3) is 0. The molecule has 3 nitrogen and oxygen atoms in total. The van der Waals surface area contributed by atoms with Crippen LogP contribution in [-0.4, -0.2) is 5.16 Å². The molecule has 2 aromatic rings. The Morgan fingerprint density at radius 3 is 2.60 bits per heavy atom. The van der Waals surface area contributed by atoms with Crippen LogP contribution in [0, 0.1) is 11.6 Å². The van der Waals surface area contributed by atoms with Crippen LogP contribution < -0.4 is 5.73 Å². The number of rotatable bonds is 1. The lowest BCUT2D eigenvalue weighted by atomic mass is 10.1. The number of hydrogen-bond donors (Lipinski definition) is 1. The molecule has 0 amide bonds. The van der Waals surface area contributed by atoms with E-state index in [1.165, 1.54) is 6.07 Å². The van der Waals surface area contributed by atoms with E-state index in [2.05, 4.69) is 9.68 Å². The van der Waals surface area contributed by atoms with Gasteiger partial charge in [0.05, 0.1) is 5.02 Å². The minimum atomic E-state index is -0.758. The molecule has 0 spiro atoms. The third kappa shape index (κ3) is 1.78. The first kappa shape index (κ1) is 9.92. The Morgan fingerprint density at radius 1 is 1.27 bits per heavy atom. The molecule has 2 N–H and O–H groups in total. The van der Waals surface area contributed by atoms with Gasteiger partial charge in [0.2, 0.25) is 5.88 Å². The summed E-state index contributed by atoms with van der Waals surface area (Å²) in [6.07, 6.45) is 0. The molecule has 0 bridgehead atoms. The van der Waals surface area contributed by atoms with Gasteiger partial charge in [0.25, 0.3) is 0 Å². The van der Waals surface area contributed by atoms with Crippen molar-refractivity contribution >= 4 is 17.5 Å². The van der Waals surface area contributed by atoms with E-state index in [0.717, 1.165) is 12.1 Å². The molecule has 0 fully saturated rings. The van der Waals surface area contributed by atoms with E-state index in [9.17, 15) is 8.78 Å². The molecular weight excluding hydrogens is 226 g/mol. The first-order chi connectivity index (χ1) is 7.08. The van der Waals surface area contributed by atoms with Crippen molar-refractivity contribution in [3.05, 3.63) is 34.9 Å². The third-order valence-corrected chi connectivity index (χ3v) is 2.07. The molecule has 0 aliphatic heterocycles. The Kier molecular flexibility index (Phi) is 2.32. The van der Waals surface area contributed by atoms with Crippen molar-refractivity contribution in [1.29, 1.82) is 0 Å². The lowest BCUT2D eigenvalue weighted by Gasteiger charge is -2.00. The highest BCUT2D eigenvalue weighted by Crippen LogP contribution is 2.28. The van der Waals surface area contributed by atoms with E-state index in [1.54, 1.807) is 0 Å². The van der Waals surface area contributed by atoms with Crippen LogP contribution in [0.4, 0.5) is 14.7 Å². The van der Waals surface area contributed by atoms with Gasteiger partial charge in [0.15, 0.2) is 5.82 Å². The van der Waals surface area contributed by atoms with Gasteiger partial charge in [-0.15, -0.1) is 0 Å². The number of nitrogen functional groups attached to an aromatic ring is 1. The predicted molar refractivity (Wildman–Crippen MR) is 51.3 cm³/mol. The van der Waals surface area contributed by atoms with Crippen molar-refractivity contribution < 1.29 is 13.3 Å². The van der Waals surface area contributed by atoms with Gasteiger partial charge in [-0.1, -0.05) is 16.8 Å². The van der Waals surface area contributed by atoms with E-state index < -0.39 is 11.6 Å². The Labute approximate surface area is 88.4 Å². The molecule has 6 heteroatoms. The van der Waals surface area contributed by atoms with Gasteiger partial charge in [-0.25, -0.2) is 8.78 Å². The van der Waals surface area contributed by atoms with Crippen molar-refractivity contribution in [3.63, 3.8) is 0 Å². The standard InChI is InChI=1S/C9H5ClF2N2O/c10-6-2-4(11)1-5(9(6)12)7-3-8(13)15-14-7/h1-3H,13H2. The zero-order chi connectivity index (χ0) is 11.0. The molecule has 0 unspecified atom stereocenters. The molecule has 0 aliphatic rings. The van der Waals surface area contributed by atoms with E-state index in [-0.39, 0.29) is 22.2 Å². The van der Waals surface area contributed by atoms with E-state index in [4.69, 9.17) is 17.3 Å². The number of benzene rings is 1. The summed E-state index contributed by atoms with van der Waals surface area (Å²) < 4.78 is 31.0. The molecule has 1 aromatic carbocycles. The van der Waals surface area contributed by atoms with Gasteiger partial charge in [-0.2, -0.15) is 0 Å². The third-order valence-electron chi connectivity index (χ3n) is 1.80. The normalized spacial score (nSPS) is 10.6. The van der Waals surface area contributed by atoms with Gasteiger partial charge in [-0.05, 0) is 12.1 Å². The van der Waals surface area contributed by atoms with Crippen molar-refractivity contribution in [3.8, 4) is 11.3 Å². The molecule has 15 heavy (non-hydrogen) atoms. The van der Waals surface area contributed by atoms with E-state index in [0.29, 0.717) is 0 Å². The molecule has 2 rings (SSSR count). The average Bonchev–Trinajstić information content (AvgIpc) is 2.58. The average molecular weight is 231 g/mol. The molecule has 0 aliphatic carbocycles. The van der Waals surface area contributed by atoms with Crippen LogP contribution in [-0.2, 0) is 0 Å². The number of aromatic nitrogens is 1. The second-order valence-electron chi connectivity index (χ2n) is 2.86. The molecule has 0 radical (unpaired) electrons. The fourth-order valence-electron chi connectivity index (χ4n) is 1.16. The Balaban J connectivity index is 2.62. The summed E-state index contributed by atoms with van der Waals surface area (Å²) in [6.45, 7) is 0. The van der Waals surface area contributed by atoms with Crippen LogP contribution in [0.3, 0.4) is 0 Å². The maximum atomic E-state index is 13.5. The Hall–Kier alpha value is -1.62. The van der Waals surface area contributed by atoms with Gasteiger partial charge >= 0.3 is 0 Å². The topological polar surface area (TPSA) is 52.0 Å². The highest BCUT2D eigenvalue weighted by Gasteiger charge is 2.14. The highest BCUT2D eigenvalue weighted by molar-refractivity contribution is 6.31. The molecular formula is C9H5ClF2N2O. The molecule has 1 heterocycles. The zero-order valence-corrected chi connectivity index (χ0v) is 8.05. The van der Waals surface area contributed by atoms with E-state index >= 15 is 0 Å². The largest absolute Gasteiger partial charge is 0.368 e. The number of anilines is 1. The van der Waals surface area contributed by atoms with Crippen LogP contribution in [0.5, 0.6) is 0 Å².